The normalized spacial score (nSPS) is 12.1. The zero-order chi connectivity index (χ0) is 15.4. The second kappa shape index (κ2) is 6.76. The fourth-order valence-corrected chi connectivity index (χ4v) is 3.58. The Kier molecular flexibility index (Phi) is 5.02. The first kappa shape index (κ1) is 15.6. The van der Waals surface area contributed by atoms with Crippen molar-refractivity contribution in [3.8, 4) is 0 Å². The molecule has 0 aliphatic rings. The number of hydrogen-bond acceptors (Lipinski definition) is 3. The lowest BCUT2D eigenvalue weighted by Gasteiger charge is -2.32. The summed E-state index contributed by atoms with van der Waals surface area (Å²) in [6, 6.07) is 10.4. The minimum Gasteiger partial charge on any atom is -0.481 e. The maximum atomic E-state index is 11.0. The van der Waals surface area contributed by atoms with Crippen molar-refractivity contribution in [2.45, 2.75) is 33.2 Å². The van der Waals surface area contributed by atoms with Gasteiger partial charge >= 0.3 is 5.97 Å². The minimum absolute atomic E-state index is 0.142. The summed E-state index contributed by atoms with van der Waals surface area (Å²) >= 11 is 1.73. The molecule has 0 amide bonds. The average Bonchev–Trinajstić information content (AvgIpc) is 2.86. The average molecular weight is 303 g/mol. The van der Waals surface area contributed by atoms with Crippen molar-refractivity contribution in [3.05, 3.63) is 51.7 Å². The van der Waals surface area contributed by atoms with E-state index in [1.807, 2.05) is 12.1 Å². The van der Waals surface area contributed by atoms with Crippen molar-refractivity contribution in [3.63, 3.8) is 0 Å². The number of carbonyl (C=O) groups is 1. The van der Waals surface area contributed by atoms with E-state index in [0.29, 0.717) is 6.54 Å². The van der Waals surface area contributed by atoms with Gasteiger partial charge in [-0.3, -0.25) is 4.79 Å². The van der Waals surface area contributed by atoms with Crippen LogP contribution in [0.15, 0.2) is 35.7 Å². The zero-order valence-corrected chi connectivity index (χ0v) is 13.5. The van der Waals surface area contributed by atoms with Gasteiger partial charge in [0.05, 0.1) is 12.5 Å². The van der Waals surface area contributed by atoms with E-state index in [-0.39, 0.29) is 12.5 Å². The second-order valence-electron chi connectivity index (χ2n) is 5.27. The van der Waals surface area contributed by atoms with E-state index in [4.69, 9.17) is 5.11 Å². The summed E-state index contributed by atoms with van der Waals surface area (Å²) < 4.78 is 0. The van der Waals surface area contributed by atoms with Crippen molar-refractivity contribution in [2.75, 3.05) is 11.4 Å². The van der Waals surface area contributed by atoms with Crippen LogP contribution in [0.1, 0.15) is 35.4 Å². The molecule has 1 aromatic carbocycles. The van der Waals surface area contributed by atoms with E-state index < -0.39 is 5.97 Å². The molecule has 0 fully saturated rings. The SMILES string of the molecule is Cc1ccccc1N(CCC(=O)O)C(C)c1sccc1C. The summed E-state index contributed by atoms with van der Waals surface area (Å²) in [5.74, 6) is -0.760. The molecule has 3 nitrogen and oxygen atoms in total. The van der Waals surface area contributed by atoms with Crippen LogP contribution in [-0.2, 0) is 4.79 Å². The molecule has 21 heavy (non-hydrogen) atoms. The van der Waals surface area contributed by atoms with Crippen LogP contribution in [0.4, 0.5) is 5.69 Å². The fraction of sp³-hybridized carbons (Fsp3) is 0.353. The van der Waals surface area contributed by atoms with Gasteiger partial charge in [0.1, 0.15) is 0 Å². The molecule has 1 aromatic heterocycles. The fourth-order valence-electron chi connectivity index (χ4n) is 2.58. The van der Waals surface area contributed by atoms with Gasteiger partial charge in [0.15, 0.2) is 0 Å². The van der Waals surface area contributed by atoms with Gasteiger partial charge in [0.25, 0.3) is 0 Å². The number of aryl methyl sites for hydroxylation is 2. The maximum absolute atomic E-state index is 11.0. The Bertz CT molecular complexity index is 621. The third-order valence-corrected chi connectivity index (χ3v) is 4.93. The predicted molar refractivity (Wildman–Crippen MR) is 88.2 cm³/mol. The Labute approximate surface area is 129 Å². The lowest BCUT2D eigenvalue weighted by atomic mass is 10.1. The van der Waals surface area contributed by atoms with Gasteiger partial charge in [-0.2, -0.15) is 0 Å². The molecule has 2 rings (SSSR count). The number of benzene rings is 1. The van der Waals surface area contributed by atoms with E-state index in [2.05, 4.69) is 49.3 Å². The minimum atomic E-state index is -0.760. The Morgan fingerprint density at radius 2 is 1.95 bits per heavy atom. The topological polar surface area (TPSA) is 40.5 Å². The van der Waals surface area contributed by atoms with Gasteiger partial charge in [-0.15, -0.1) is 11.3 Å². The maximum Gasteiger partial charge on any atom is 0.305 e. The van der Waals surface area contributed by atoms with Gasteiger partial charge in [-0.1, -0.05) is 18.2 Å². The predicted octanol–water partition coefficient (Wildman–Crippen LogP) is 4.41. The standard InChI is InChI=1S/C17H21NO2S/c1-12-6-4-5-7-15(12)18(10-8-16(19)20)14(3)17-13(2)9-11-21-17/h4-7,9,11,14H,8,10H2,1-3H3,(H,19,20). The first-order valence-electron chi connectivity index (χ1n) is 7.08. The largest absolute Gasteiger partial charge is 0.481 e. The second-order valence-corrected chi connectivity index (χ2v) is 6.22. The number of carboxylic acids is 1. The van der Waals surface area contributed by atoms with Crippen LogP contribution in [0.5, 0.6) is 0 Å². The number of thiophene rings is 1. The highest BCUT2D eigenvalue weighted by Gasteiger charge is 2.21. The number of hydrogen-bond donors (Lipinski definition) is 1. The summed E-state index contributed by atoms with van der Waals surface area (Å²) in [5.41, 5.74) is 3.55. The van der Waals surface area contributed by atoms with Crippen LogP contribution in [0.3, 0.4) is 0 Å². The van der Waals surface area contributed by atoms with Crippen molar-refractivity contribution in [1.29, 1.82) is 0 Å². The Morgan fingerprint density at radius 3 is 2.52 bits per heavy atom. The molecule has 1 atom stereocenters. The van der Waals surface area contributed by atoms with Crippen LogP contribution in [0, 0.1) is 13.8 Å². The van der Waals surface area contributed by atoms with Crippen LogP contribution in [-0.4, -0.2) is 17.6 Å². The third-order valence-electron chi connectivity index (χ3n) is 3.74. The van der Waals surface area contributed by atoms with E-state index in [1.54, 1.807) is 11.3 Å². The Morgan fingerprint density at radius 1 is 1.24 bits per heavy atom. The summed E-state index contributed by atoms with van der Waals surface area (Å²) in [4.78, 5) is 14.5. The van der Waals surface area contributed by atoms with Crippen molar-refractivity contribution in [1.82, 2.24) is 0 Å². The number of para-hydroxylation sites is 1. The molecular formula is C17H21NO2S. The van der Waals surface area contributed by atoms with E-state index in [0.717, 1.165) is 5.69 Å². The molecule has 2 aromatic rings. The quantitative estimate of drug-likeness (QED) is 0.859. The lowest BCUT2D eigenvalue weighted by Crippen LogP contribution is -2.29. The van der Waals surface area contributed by atoms with Crippen molar-refractivity contribution in [2.24, 2.45) is 0 Å². The van der Waals surface area contributed by atoms with E-state index >= 15 is 0 Å². The van der Waals surface area contributed by atoms with Gasteiger partial charge in [0, 0.05) is 17.1 Å². The molecule has 4 heteroatoms. The molecule has 1 heterocycles. The molecule has 0 saturated heterocycles. The van der Waals surface area contributed by atoms with Crippen LogP contribution >= 0.6 is 11.3 Å². The van der Waals surface area contributed by atoms with Gasteiger partial charge < -0.3 is 10.0 Å². The number of aliphatic carboxylic acids is 1. The molecular weight excluding hydrogens is 282 g/mol. The highest BCUT2D eigenvalue weighted by molar-refractivity contribution is 7.10. The number of rotatable bonds is 6. The van der Waals surface area contributed by atoms with Crippen LogP contribution < -0.4 is 4.90 Å². The molecule has 0 spiro atoms. The summed E-state index contributed by atoms with van der Waals surface area (Å²) in [7, 11) is 0. The molecule has 0 aliphatic heterocycles. The van der Waals surface area contributed by atoms with Crippen LogP contribution in [0.2, 0.25) is 0 Å². The summed E-state index contributed by atoms with van der Waals surface area (Å²) in [5, 5.41) is 11.1. The van der Waals surface area contributed by atoms with Crippen molar-refractivity contribution >= 4 is 23.0 Å². The molecule has 0 saturated carbocycles. The molecule has 1 N–H and O–H groups in total. The Hall–Kier alpha value is -1.81. The van der Waals surface area contributed by atoms with Crippen LogP contribution in [0.25, 0.3) is 0 Å². The summed E-state index contributed by atoms with van der Waals surface area (Å²) in [6.45, 7) is 6.83. The number of carboxylic acid groups (broad SMARTS) is 1. The number of nitrogens with zero attached hydrogens (tertiary/aromatic N) is 1. The molecule has 0 bridgehead atoms. The number of anilines is 1. The van der Waals surface area contributed by atoms with Gasteiger partial charge in [0.2, 0.25) is 0 Å². The van der Waals surface area contributed by atoms with E-state index in [9.17, 15) is 4.79 Å². The smallest absolute Gasteiger partial charge is 0.305 e. The molecule has 1 unspecified atom stereocenters. The lowest BCUT2D eigenvalue weighted by molar-refractivity contribution is -0.136. The zero-order valence-electron chi connectivity index (χ0n) is 12.7. The molecule has 0 radical (unpaired) electrons. The van der Waals surface area contributed by atoms with E-state index in [1.165, 1.54) is 16.0 Å². The first-order valence-corrected chi connectivity index (χ1v) is 7.96. The molecule has 112 valence electrons. The first-order chi connectivity index (χ1) is 10.0. The third kappa shape index (κ3) is 3.64. The highest BCUT2D eigenvalue weighted by Crippen LogP contribution is 2.33. The monoisotopic (exact) mass is 303 g/mol. The van der Waals surface area contributed by atoms with Crippen molar-refractivity contribution < 1.29 is 9.90 Å². The summed E-state index contributed by atoms with van der Waals surface area (Å²) in [6.07, 6.45) is 0.142. The highest BCUT2D eigenvalue weighted by atomic mass is 32.1. The molecule has 0 aliphatic carbocycles. The Balaban J connectivity index is 2.34. The van der Waals surface area contributed by atoms with Gasteiger partial charge in [-0.05, 0) is 49.4 Å². The van der Waals surface area contributed by atoms with Gasteiger partial charge in [-0.25, -0.2) is 0 Å².